The van der Waals surface area contributed by atoms with Gasteiger partial charge in [-0.15, -0.1) is 0 Å². The molecule has 0 radical (unpaired) electrons. The first-order chi connectivity index (χ1) is 9.25. The molecule has 5 heteroatoms. The molecule has 19 heavy (non-hydrogen) atoms. The van der Waals surface area contributed by atoms with Crippen LogP contribution < -0.4 is 11.1 Å². The number of fused-ring (bicyclic) bond motifs is 1. The zero-order chi connectivity index (χ0) is 13.2. The minimum Gasteiger partial charge on any atom is -0.379 e. The van der Waals surface area contributed by atoms with Crippen molar-refractivity contribution in [2.24, 2.45) is 11.7 Å². The summed E-state index contributed by atoms with van der Waals surface area (Å²) >= 11 is 0. The van der Waals surface area contributed by atoms with Gasteiger partial charge in [0.1, 0.15) is 0 Å². The van der Waals surface area contributed by atoms with Crippen LogP contribution in [0.3, 0.4) is 0 Å². The van der Waals surface area contributed by atoms with Gasteiger partial charge in [-0.1, -0.05) is 12.1 Å². The summed E-state index contributed by atoms with van der Waals surface area (Å²) in [5.74, 6) is -0.381. The summed E-state index contributed by atoms with van der Waals surface area (Å²) in [6, 6.07) is 7.44. The lowest BCUT2D eigenvalue weighted by Gasteiger charge is -2.14. The lowest BCUT2D eigenvalue weighted by Crippen LogP contribution is -2.37. The summed E-state index contributed by atoms with van der Waals surface area (Å²) in [6.45, 7) is 0.825. The molecule has 1 saturated heterocycles. The van der Waals surface area contributed by atoms with E-state index in [4.69, 9.17) is 10.5 Å². The van der Waals surface area contributed by atoms with Crippen LogP contribution in [0.2, 0.25) is 0 Å². The molecule has 0 aliphatic carbocycles. The van der Waals surface area contributed by atoms with Crippen LogP contribution in [0.25, 0.3) is 10.8 Å². The molecular formula is C14H15N3O2. The minimum atomic E-state index is -0.285. The average molecular weight is 257 g/mol. The fraction of sp³-hybridized carbons (Fsp3) is 0.286. The topological polar surface area (TPSA) is 77.2 Å². The van der Waals surface area contributed by atoms with Crippen LogP contribution in [0.1, 0.15) is 0 Å². The molecule has 98 valence electrons. The van der Waals surface area contributed by atoms with Crippen molar-refractivity contribution in [1.29, 1.82) is 0 Å². The van der Waals surface area contributed by atoms with Crippen molar-refractivity contribution < 1.29 is 9.53 Å². The zero-order valence-corrected chi connectivity index (χ0v) is 10.4. The Morgan fingerprint density at radius 3 is 3.05 bits per heavy atom. The molecule has 1 aromatic heterocycles. The maximum Gasteiger partial charge on any atom is 0.231 e. The van der Waals surface area contributed by atoms with Crippen molar-refractivity contribution in [1.82, 2.24) is 4.98 Å². The number of aromatic nitrogens is 1. The lowest BCUT2D eigenvalue weighted by molar-refractivity contribution is -0.120. The molecule has 2 unspecified atom stereocenters. The number of nitrogens with two attached hydrogens (primary N) is 1. The van der Waals surface area contributed by atoms with Gasteiger partial charge in [0.05, 0.1) is 24.8 Å². The molecule has 1 aliphatic heterocycles. The van der Waals surface area contributed by atoms with Gasteiger partial charge in [0.2, 0.25) is 5.91 Å². The summed E-state index contributed by atoms with van der Waals surface area (Å²) < 4.78 is 5.22. The fourth-order valence-corrected chi connectivity index (χ4v) is 2.29. The summed E-state index contributed by atoms with van der Waals surface area (Å²) in [4.78, 5) is 16.3. The first-order valence-electron chi connectivity index (χ1n) is 6.22. The predicted octanol–water partition coefficient (Wildman–Crippen LogP) is 1.15. The highest BCUT2D eigenvalue weighted by atomic mass is 16.5. The van der Waals surface area contributed by atoms with Gasteiger partial charge < -0.3 is 15.8 Å². The molecule has 1 aromatic carbocycles. The minimum absolute atomic E-state index is 0.0960. The summed E-state index contributed by atoms with van der Waals surface area (Å²) in [5.41, 5.74) is 6.61. The Hall–Kier alpha value is -1.98. The van der Waals surface area contributed by atoms with E-state index in [2.05, 4.69) is 10.3 Å². The van der Waals surface area contributed by atoms with Crippen molar-refractivity contribution >= 4 is 22.4 Å². The number of rotatable bonds is 2. The van der Waals surface area contributed by atoms with E-state index in [-0.39, 0.29) is 17.9 Å². The Labute approximate surface area is 110 Å². The Bertz CT molecular complexity index is 609. The molecule has 1 fully saturated rings. The molecule has 2 atom stereocenters. The monoisotopic (exact) mass is 257 g/mol. The third kappa shape index (κ3) is 2.30. The number of nitrogens with zero attached hydrogens (tertiary/aromatic N) is 1. The Morgan fingerprint density at radius 1 is 1.37 bits per heavy atom. The van der Waals surface area contributed by atoms with Crippen LogP contribution in [-0.4, -0.2) is 30.1 Å². The maximum absolute atomic E-state index is 12.2. The van der Waals surface area contributed by atoms with E-state index in [1.807, 2.05) is 24.3 Å². The SMILES string of the molecule is NC1COCC1C(=O)Nc1cccc2ccncc12. The Kier molecular flexibility index (Phi) is 3.15. The van der Waals surface area contributed by atoms with Crippen LogP contribution in [0.5, 0.6) is 0 Å². The van der Waals surface area contributed by atoms with Crippen LogP contribution in [-0.2, 0) is 9.53 Å². The van der Waals surface area contributed by atoms with Crippen molar-refractivity contribution in [3.05, 3.63) is 36.7 Å². The highest BCUT2D eigenvalue weighted by Crippen LogP contribution is 2.23. The molecular weight excluding hydrogens is 242 g/mol. The number of pyridine rings is 1. The van der Waals surface area contributed by atoms with Gasteiger partial charge in [-0.3, -0.25) is 9.78 Å². The number of carbonyl (C=O) groups excluding carboxylic acids is 1. The quantitative estimate of drug-likeness (QED) is 0.846. The third-order valence-electron chi connectivity index (χ3n) is 3.40. The van der Waals surface area contributed by atoms with E-state index in [1.54, 1.807) is 12.4 Å². The van der Waals surface area contributed by atoms with E-state index in [9.17, 15) is 4.79 Å². The van der Waals surface area contributed by atoms with Crippen molar-refractivity contribution in [2.45, 2.75) is 6.04 Å². The molecule has 3 rings (SSSR count). The number of ether oxygens (including phenoxy) is 1. The molecule has 3 N–H and O–H groups in total. The van der Waals surface area contributed by atoms with E-state index in [1.165, 1.54) is 0 Å². The van der Waals surface area contributed by atoms with Gasteiger partial charge in [-0.05, 0) is 17.5 Å². The fourth-order valence-electron chi connectivity index (χ4n) is 2.29. The number of benzene rings is 1. The largest absolute Gasteiger partial charge is 0.379 e. The van der Waals surface area contributed by atoms with Crippen LogP contribution in [0.4, 0.5) is 5.69 Å². The number of nitrogens with one attached hydrogen (secondary N) is 1. The molecule has 0 saturated carbocycles. The van der Waals surface area contributed by atoms with Gasteiger partial charge in [-0.2, -0.15) is 0 Å². The number of anilines is 1. The van der Waals surface area contributed by atoms with Gasteiger partial charge in [0.15, 0.2) is 0 Å². The van der Waals surface area contributed by atoms with Gasteiger partial charge >= 0.3 is 0 Å². The lowest BCUT2D eigenvalue weighted by atomic mass is 10.0. The highest BCUT2D eigenvalue weighted by molar-refractivity contribution is 6.02. The average Bonchev–Trinajstić information content (AvgIpc) is 2.85. The summed E-state index contributed by atoms with van der Waals surface area (Å²) in [7, 11) is 0. The molecule has 0 spiro atoms. The second kappa shape index (κ2) is 4.95. The van der Waals surface area contributed by atoms with E-state index in [0.717, 1.165) is 16.5 Å². The van der Waals surface area contributed by atoms with E-state index in [0.29, 0.717) is 13.2 Å². The van der Waals surface area contributed by atoms with E-state index >= 15 is 0 Å². The molecule has 5 nitrogen and oxygen atoms in total. The van der Waals surface area contributed by atoms with Gasteiger partial charge in [-0.25, -0.2) is 0 Å². The number of amides is 1. The summed E-state index contributed by atoms with van der Waals surface area (Å²) in [5, 5.41) is 4.88. The Balaban J connectivity index is 1.87. The van der Waals surface area contributed by atoms with Crippen LogP contribution >= 0.6 is 0 Å². The van der Waals surface area contributed by atoms with Crippen LogP contribution in [0, 0.1) is 5.92 Å². The summed E-state index contributed by atoms with van der Waals surface area (Å²) in [6.07, 6.45) is 3.48. The van der Waals surface area contributed by atoms with Gasteiger partial charge in [0, 0.05) is 23.8 Å². The Morgan fingerprint density at radius 2 is 2.26 bits per heavy atom. The molecule has 1 aliphatic rings. The zero-order valence-electron chi connectivity index (χ0n) is 10.4. The first-order valence-corrected chi connectivity index (χ1v) is 6.22. The maximum atomic E-state index is 12.2. The second-order valence-electron chi connectivity index (χ2n) is 4.70. The van der Waals surface area contributed by atoms with Crippen molar-refractivity contribution in [3.63, 3.8) is 0 Å². The van der Waals surface area contributed by atoms with Crippen LogP contribution in [0.15, 0.2) is 36.7 Å². The number of hydrogen-bond acceptors (Lipinski definition) is 4. The number of carbonyl (C=O) groups is 1. The molecule has 0 bridgehead atoms. The third-order valence-corrected chi connectivity index (χ3v) is 3.40. The molecule has 2 heterocycles. The normalized spacial score (nSPS) is 22.6. The van der Waals surface area contributed by atoms with Gasteiger partial charge in [0.25, 0.3) is 0 Å². The first kappa shape index (κ1) is 12.1. The molecule has 1 amide bonds. The smallest absolute Gasteiger partial charge is 0.231 e. The molecule has 2 aromatic rings. The van der Waals surface area contributed by atoms with Crippen molar-refractivity contribution in [2.75, 3.05) is 18.5 Å². The van der Waals surface area contributed by atoms with Crippen molar-refractivity contribution in [3.8, 4) is 0 Å². The van der Waals surface area contributed by atoms with E-state index < -0.39 is 0 Å². The number of hydrogen-bond donors (Lipinski definition) is 2. The predicted molar refractivity (Wildman–Crippen MR) is 72.7 cm³/mol. The second-order valence-corrected chi connectivity index (χ2v) is 4.70. The standard InChI is InChI=1S/C14H15N3O2/c15-12-8-19-7-11(12)14(18)17-13-3-1-2-9-4-5-16-6-10(9)13/h1-6,11-12H,7-8,15H2,(H,17,18). The highest BCUT2D eigenvalue weighted by Gasteiger charge is 2.31.